The fourth-order valence-corrected chi connectivity index (χ4v) is 2.41. The smallest absolute Gasteiger partial charge is 0.377 e. The Hall–Kier alpha value is -0.950. The van der Waals surface area contributed by atoms with Crippen molar-refractivity contribution in [3.05, 3.63) is 62.2 Å². The van der Waals surface area contributed by atoms with Gasteiger partial charge in [0.1, 0.15) is 0 Å². The van der Waals surface area contributed by atoms with Gasteiger partial charge >= 0.3 is 6.18 Å². The van der Waals surface area contributed by atoms with Crippen molar-refractivity contribution < 1.29 is 13.2 Å². The van der Waals surface area contributed by atoms with E-state index in [0.717, 1.165) is 21.3 Å². The summed E-state index contributed by atoms with van der Waals surface area (Å²) in [6, 6.07) is 10.9. The average Bonchev–Trinajstić information content (AvgIpc) is 2.40. The molecule has 0 amide bonds. The largest absolute Gasteiger partial charge is 0.416 e. The Kier molecular flexibility index (Phi) is 5.03. The maximum Gasteiger partial charge on any atom is 0.416 e. The molecule has 0 saturated carbocycles. The number of anilines is 1. The molecule has 2 rings (SSSR count). The fraction of sp³-hybridized carbons (Fsp3) is 0.200. The first-order chi connectivity index (χ1) is 9.77. The zero-order valence-electron chi connectivity index (χ0n) is 11.0. The van der Waals surface area contributed by atoms with Gasteiger partial charge in [0, 0.05) is 9.61 Å². The molecular formula is C15H12ClF3IN. The van der Waals surface area contributed by atoms with E-state index in [4.69, 9.17) is 11.6 Å². The lowest BCUT2D eigenvalue weighted by Gasteiger charge is -2.18. The van der Waals surface area contributed by atoms with E-state index in [1.165, 1.54) is 6.07 Å². The minimum Gasteiger partial charge on any atom is -0.377 e. The number of halogens is 5. The van der Waals surface area contributed by atoms with Crippen molar-refractivity contribution in [2.75, 3.05) is 5.32 Å². The topological polar surface area (TPSA) is 12.0 Å². The van der Waals surface area contributed by atoms with Crippen LogP contribution in [0.4, 0.5) is 18.9 Å². The summed E-state index contributed by atoms with van der Waals surface area (Å²) in [5.41, 5.74) is 0.533. The summed E-state index contributed by atoms with van der Waals surface area (Å²) in [5, 5.41) is 3.29. The highest BCUT2D eigenvalue weighted by Crippen LogP contribution is 2.35. The molecule has 6 heteroatoms. The van der Waals surface area contributed by atoms with Gasteiger partial charge in [-0.2, -0.15) is 13.2 Å². The Morgan fingerprint density at radius 3 is 2.29 bits per heavy atom. The number of alkyl halides is 3. The van der Waals surface area contributed by atoms with E-state index >= 15 is 0 Å². The van der Waals surface area contributed by atoms with Crippen molar-refractivity contribution in [3.8, 4) is 0 Å². The molecule has 0 aliphatic carbocycles. The van der Waals surface area contributed by atoms with Crippen LogP contribution in [0.5, 0.6) is 0 Å². The first kappa shape index (κ1) is 16.4. The Bertz CT molecular complexity index is 626. The zero-order chi connectivity index (χ0) is 15.6. The summed E-state index contributed by atoms with van der Waals surface area (Å²) < 4.78 is 39.3. The van der Waals surface area contributed by atoms with E-state index in [-0.39, 0.29) is 16.8 Å². The minimum absolute atomic E-state index is 0.150. The summed E-state index contributed by atoms with van der Waals surface area (Å²) in [6.45, 7) is 1.87. The number of benzene rings is 2. The quantitative estimate of drug-likeness (QED) is 0.583. The molecule has 0 heterocycles. The summed E-state index contributed by atoms with van der Waals surface area (Å²) in [7, 11) is 0. The summed E-state index contributed by atoms with van der Waals surface area (Å²) in [5.74, 6) is 0. The third-order valence-corrected chi connectivity index (χ3v) is 4.08. The van der Waals surface area contributed by atoms with Crippen molar-refractivity contribution in [2.24, 2.45) is 0 Å². The molecule has 0 aliphatic heterocycles. The van der Waals surface area contributed by atoms with Gasteiger partial charge in [-0.1, -0.05) is 23.7 Å². The third kappa shape index (κ3) is 4.26. The normalized spacial score (nSPS) is 13.0. The highest BCUT2D eigenvalue weighted by atomic mass is 127. The van der Waals surface area contributed by atoms with Crippen LogP contribution in [0.25, 0.3) is 0 Å². The van der Waals surface area contributed by atoms with Crippen LogP contribution in [0.2, 0.25) is 5.02 Å². The van der Waals surface area contributed by atoms with Gasteiger partial charge in [0.2, 0.25) is 0 Å². The van der Waals surface area contributed by atoms with Gasteiger partial charge in [-0.05, 0) is 65.4 Å². The Morgan fingerprint density at radius 1 is 1.10 bits per heavy atom. The molecule has 0 aromatic heterocycles. The Balaban J connectivity index is 2.24. The lowest BCUT2D eigenvalue weighted by atomic mass is 10.1. The number of hydrogen-bond donors (Lipinski definition) is 1. The van der Waals surface area contributed by atoms with Crippen LogP contribution >= 0.6 is 34.2 Å². The van der Waals surface area contributed by atoms with Crippen molar-refractivity contribution in [1.82, 2.24) is 0 Å². The second kappa shape index (κ2) is 6.44. The van der Waals surface area contributed by atoms with Gasteiger partial charge in [0.05, 0.1) is 16.3 Å². The number of rotatable bonds is 3. The highest BCUT2D eigenvalue weighted by Gasteiger charge is 2.31. The van der Waals surface area contributed by atoms with Crippen molar-refractivity contribution >= 4 is 39.9 Å². The second-order valence-electron chi connectivity index (χ2n) is 4.61. The molecule has 1 nitrogen and oxygen atoms in total. The Labute approximate surface area is 139 Å². The molecule has 0 bridgehead atoms. The van der Waals surface area contributed by atoms with Gasteiger partial charge in [0.25, 0.3) is 0 Å². The van der Waals surface area contributed by atoms with Crippen LogP contribution < -0.4 is 5.32 Å². The molecule has 1 N–H and O–H groups in total. The molecule has 2 aromatic carbocycles. The molecular weight excluding hydrogens is 414 g/mol. The second-order valence-corrected chi connectivity index (χ2v) is 6.26. The van der Waals surface area contributed by atoms with Crippen LogP contribution in [0.15, 0.2) is 42.5 Å². The summed E-state index contributed by atoms with van der Waals surface area (Å²) >= 11 is 8.17. The fourth-order valence-electron chi connectivity index (χ4n) is 1.88. The molecule has 0 radical (unpaired) electrons. The van der Waals surface area contributed by atoms with Crippen molar-refractivity contribution in [3.63, 3.8) is 0 Å². The summed E-state index contributed by atoms with van der Waals surface area (Å²) in [4.78, 5) is 0. The van der Waals surface area contributed by atoms with Gasteiger partial charge in [-0.3, -0.25) is 0 Å². The van der Waals surface area contributed by atoms with Crippen LogP contribution in [0, 0.1) is 3.57 Å². The minimum atomic E-state index is -4.38. The standard InChI is InChI=1S/C15H12ClF3IN/c1-9(10-2-5-12(20)6-3-10)21-14-8-11(15(17,18)19)4-7-13(14)16/h2-9,21H,1H3. The summed E-state index contributed by atoms with van der Waals surface area (Å²) in [6.07, 6.45) is -4.38. The van der Waals surface area contributed by atoms with E-state index in [2.05, 4.69) is 27.9 Å². The maximum atomic E-state index is 12.7. The van der Waals surface area contributed by atoms with Gasteiger partial charge in [-0.25, -0.2) is 0 Å². The monoisotopic (exact) mass is 425 g/mol. The van der Waals surface area contributed by atoms with E-state index in [1.807, 2.05) is 31.2 Å². The zero-order valence-corrected chi connectivity index (χ0v) is 13.9. The number of hydrogen-bond acceptors (Lipinski definition) is 1. The molecule has 0 aliphatic rings. The predicted octanol–water partition coefficient (Wildman–Crippen LogP) is 6.14. The van der Waals surface area contributed by atoms with Gasteiger partial charge < -0.3 is 5.32 Å². The molecule has 21 heavy (non-hydrogen) atoms. The first-order valence-electron chi connectivity index (χ1n) is 6.16. The van der Waals surface area contributed by atoms with E-state index in [0.29, 0.717) is 0 Å². The van der Waals surface area contributed by atoms with Crippen molar-refractivity contribution in [1.29, 1.82) is 0 Å². The first-order valence-corrected chi connectivity index (χ1v) is 7.62. The van der Waals surface area contributed by atoms with Crippen molar-refractivity contribution in [2.45, 2.75) is 19.1 Å². The molecule has 112 valence electrons. The molecule has 0 spiro atoms. The highest BCUT2D eigenvalue weighted by molar-refractivity contribution is 14.1. The average molecular weight is 426 g/mol. The van der Waals surface area contributed by atoms with Crippen LogP contribution in [0.3, 0.4) is 0 Å². The predicted molar refractivity (Wildman–Crippen MR) is 87.7 cm³/mol. The van der Waals surface area contributed by atoms with Gasteiger partial charge in [-0.15, -0.1) is 0 Å². The van der Waals surface area contributed by atoms with Crippen LogP contribution in [-0.4, -0.2) is 0 Å². The van der Waals surface area contributed by atoms with Gasteiger partial charge in [0.15, 0.2) is 0 Å². The number of nitrogens with one attached hydrogen (secondary N) is 1. The Morgan fingerprint density at radius 2 is 1.71 bits per heavy atom. The van der Waals surface area contributed by atoms with E-state index in [1.54, 1.807) is 0 Å². The molecule has 1 unspecified atom stereocenters. The molecule has 2 aromatic rings. The lowest BCUT2D eigenvalue weighted by molar-refractivity contribution is -0.137. The maximum absolute atomic E-state index is 12.7. The third-order valence-electron chi connectivity index (χ3n) is 3.04. The lowest BCUT2D eigenvalue weighted by Crippen LogP contribution is -2.10. The SMILES string of the molecule is CC(Nc1cc(C(F)(F)F)ccc1Cl)c1ccc(I)cc1. The molecule has 0 saturated heterocycles. The van der Waals surface area contributed by atoms with E-state index in [9.17, 15) is 13.2 Å². The van der Waals surface area contributed by atoms with E-state index < -0.39 is 11.7 Å². The van der Waals surface area contributed by atoms with Crippen LogP contribution in [-0.2, 0) is 6.18 Å². The molecule has 1 atom stereocenters. The van der Waals surface area contributed by atoms with Crippen LogP contribution in [0.1, 0.15) is 24.1 Å². The molecule has 0 fully saturated rings.